The van der Waals surface area contributed by atoms with Gasteiger partial charge in [-0.25, -0.2) is 0 Å². The Morgan fingerprint density at radius 3 is 2.54 bits per heavy atom. The molecule has 0 spiro atoms. The highest BCUT2D eigenvalue weighted by atomic mass is 35.5. The summed E-state index contributed by atoms with van der Waals surface area (Å²) in [6.45, 7) is 2.04. The zero-order valence-electron chi connectivity index (χ0n) is 12.9. The summed E-state index contributed by atoms with van der Waals surface area (Å²) in [5, 5.41) is 13.1. The van der Waals surface area contributed by atoms with Crippen molar-refractivity contribution in [3.63, 3.8) is 0 Å². The van der Waals surface area contributed by atoms with E-state index >= 15 is 0 Å². The van der Waals surface area contributed by atoms with Gasteiger partial charge in [0.15, 0.2) is 0 Å². The molecule has 1 aromatic heterocycles. The second-order valence-corrected chi connectivity index (χ2v) is 6.98. The van der Waals surface area contributed by atoms with Crippen LogP contribution in [0.3, 0.4) is 0 Å². The van der Waals surface area contributed by atoms with Crippen LogP contribution in [0.2, 0.25) is 10.0 Å². The lowest BCUT2D eigenvalue weighted by Crippen LogP contribution is -1.98. The van der Waals surface area contributed by atoms with Gasteiger partial charge in [-0.3, -0.25) is 0 Å². The van der Waals surface area contributed by atoms with Gasteiger partial charge < -0.3 is 9.73 Å². The molecule has 0 aliphatic rings. The van der Waals surface area contributed by atoms with E-state index in [0.717, 1.165) is 17.0 Å². The average Bonchev–Trinajstić information content (AvgIpc) is 3.00. The van der Waals surface area contributed by atoms with Crippen LogP contribution < -0.4 is 5.32 Å². The van der Waals surface area contributed by atoms with Gasteiger partial charge in [0.2, 0.25) is 5.89 Å². The van der Waals surface area contributed by atoms with E-state index in [0.29, 0.717) is 33.3 Å². The van der Waals surface area contributed by atoms with E-state index in [9.17, 15) is 0 Å². The third kappa shape index (κ3) is 4.04. The van der Waals surface area contributed by atoms with Gasteiger partial charge in [-0.05, 0) is 29.5 Å². The normalized spacial score (nSPS) is 10.8. The monoisotopic (exact) mass is 379 g/mol. The molecule has 0 aliphatic heterocycles. The Morgan fingerprint density at radius 2 is 1.79 bits per heavy atom. The molecule has 0 aliphatic carbocycles. The summed E-state index contributed by atoms with van der Waals surface area (Å²) < 4.78 is 5.64. The van der Waals surface area contributed by atoms with Gasteiger partial charge in [-0.1, -0.05) is 66.2 Å². The summed E-state index contributed by atoms with van der Waals surface area (Å²) in [4.78, 5) is 0. The number of hydrogen-bond acceptors (Lipinski definition) is 5. The molecule has 0 amide bonds. The van der Waals surface area contributed by atoms with Crippen LogP contribution in [-0.2, 0) is 6.42 Å². The van der Waals surface area contributed by atoms with Crippen molar-refractivity contribution in [2.24, 2.45) is 0 Å². The molecule has 0 bridgehead atoms. The highest BCUT2D eigenvalue weighted by Crippen LogP contribution is 2.34. The molecule has 24 heavy (non-hydrogen) atoms. The fourth-order valence-corrected chi connectivity index (χ4v) is 3.20. The van der Waals surface area contributed by atoms with E-state index in [4.69, 9.17) is 27.6 Å². The fourth-order valence-electron chi connectivity index (χ4n) is 2.20. The van der Waals surface area contributed by atoms with Crippen LogP contribution in [0, 0.1) is 0 Å². The average molecular weight is 380 g/mol. The summed E-state index contributed by atoms with van der Waals surface area (Å²) in [7, 11) is 0. The predicted octanol–water partition coefficient (Wildman–Crippen LogP) is 5.82. The van der Waals surface area contributed by atoms with Gasteiger partial charge >= 0.3 is 0 Å². The number of halogens is 2. The molecule has 3 aromatic rings. The van der Waals surface area contributed by atoms with Crippen molar-refractivity contribution in [1.82, 2.24) is 10.2 Å². The van der Waals surface area contributed by atoms with Crippen molar-refractivity contribution in [2.45, 2.75) is 18.6 Å². The van der Waals surface area contributed by atoms with Crippen LogP contribution in [0.15, 0.2) is 52.1 Å². The number of rotatable bonds is 6. The molecule has 0 unspecified atom stereocenters. The lowest BCUT2D eigenvalue weighted by atomic mass is 10.1. The molecule has 1 heterocycles. The van der Waals surface area contributed by atoms with Crippen LogP contribution in [0.4, 0.5) is 11.4 Å². The molecular formula is C17H15Cl2N3OS. The standard InChI is InChI=1S/C17H15Cl2N3OS/c1-2-24-17-22-21-15(23-17)10-11-6-3-4-9-14(11)20-16-12(18)7-5-8-13(16)19/h3-9,20H,2,10H2,1H3. The molecule has 0 radical (unpaired) electrons. The summed E-state index contributed by atoms with van der Waals surface area (Å²) in [5.41, 5.74) is 2.60. The van der Waals surface area contributed by atoms with Crippen LogP contribution in [0.5, 0.6) is 0 Å². The molecule has 0 fully saturated rings. The smallest absolute Gasteiger partial charge is 0.276 e. The van der Waals surface area contributed by atoms with Crippen molar-refractivity contribution in [3.05, 3.63) is 64.0 Å². The zero-order chi connectivity index (χ0) is 16.9. The van der Waals surface area contributed by atoms with Gasteiger partial charge in [0, 0.05) is 5.69 Å². The summed E-state index contributed by atoms with van der Waals surface area (Å²) >= 11 is 14.0. The molecule has 4 nitrogen and oxygen atoms in total. The van der Waals surface area contributed by atoms with E-state index in [1.807, 2.05) is 37.3 Å². The Morgan fingerprint density at radius 1 is 1.04 bits per heavy atom. The first kappa shape index (κ1) is 17.1. The number of benzene rings is 2. The Bertz CT molecular complexity index is 818. The fraction of sp³-hybridized carbons (Fsp3) is 0.176. The Labute approximate surface area is 154 Å². The first-order valence-corrected chi connectivity index (χ1v) is 9.15. The molecule has 1 N–H and O–H groups in total. The maximum absolute atomic E-state index is 6.24. The van der Waals surface area contributed by atoms with Crippen molar-refractivity contribution < 1.29 is 4.42 Å². The van der Waals surface area contributed by atoms with Crippen molar-refractivity contribution in [1.29, 1.82) is 0 Å². The number of hydrogen-bond donors (Lipinski definition) is 1. The minimum Gasteiger partial charge on any atom is -0.416 e. The number of anilines is 2. The molecule has 0 saturated carbocycles. The predicted molar refractivity (Wildman–Crippen MR) is 99.7 cm³/mol. The van der Waals surface area contributed by atoms with Gasteiger partial charge in [0.25, 0.3) is 5.22 Å². The highest BCUT2D eigenvalue weighted by molar-refractivity contribution is 7.99. The second kappa shape index (κ2) is 7.92. The van der Waals surface area contributed by atoms with Crippen LogP contribution in [0.25, 0.3) is 0 Å². The molecule has 7 heteroatoms. The van der Waals surface area contributed by atoms with E-state index in [1.54, 1.807) is 12.1 Å². The first-order valence-electron chi connectivity index (χ1n) is 7.41. The molecule has 2 aromatic carbocycles. The highest BCUT2D eigenvalue weighted by Gasteiger charge is 2.12. The largest absolute Gasteiger partial charge is 0.416 e. The molecule has 124 valence electrons. The third-order valence-corrected chi connectivity index (χ3v) is 4.63. The Kier molecular flexibility index (Phi) is 5.66. The molecule has 0 saturated heterocycles. The number of para-hydroxylation sites is 2. The summed E-state index contributed by atoms with van der Waals surface area (Å²) in [6, 6.07) is 13.3. The number of aromatic nitrogens is 2. The molecule has 0 atom stereocenters. The topological polar surface area (TPSA) is 51.0 Å². The lowest BCUT2D eigenvalue weighted by Gasteiger charge is -2.13. The first-order chi connectivity index (χ1) is 11.7. The second-order valence-electron chi connectivity index (χ2n) is 4.95. The van der Waals surface area contributed by atoms with E-state index in [1.165, 1.54) is 11.8 Å². The minimum absolute atomic E-state index is 0.530. The van der Waals surface area contributed by atoms with Crippen LogP contribution in [0.1, 0.15) is 18.4 Å². The van der Waals surface area contributed by atoms with Crippen molar-refractivity contribution in [3.8, 4) is 0 Å². The van der Waals surface area contributed by atoms with Gasteiger partial charge in [-0.15, -0.1) is 10.2 Å². The van der Waals surface area contributed by atoms with Crippen molar-refractivity contribution in [2.75, 3.05) is 11.1 Å². The zero-order valence-corrected chi connectivity index (χ0v) is 15.3. The van der Waals surface area contributed by atoms with Crippen molar-refractivity contribution >= 4 is 46.3 Å². The number of nitrogens with one attached hydrogen (secondary N) is 1. The maximum atomic E-state index is 6.24. The lowest BCUT2D eigenvalue weighted by molar-refractivity contribution is 0.420. The minimum atomic E-state index is 0.530. The molecular weight excluding hydrogens is 365 g/mol. The van der Waals surface area contributed by atoms with Crippen LogP contribution in [-0.4, -0.2) is 16.0 Å². The van der Waals surface area contributed by atoms with Crippen LogP contribution >= 0.6 is 35.0 Å². The summed E-state index contributed by atoms with van der Waals surface area (Å²) in [5.74, 6) is 1.47. The Balaban J connectivity index is 1.85. The van der Waals surface area contributed by atoms with E-state index in [2.05, 4.69) is 15.5 Å². The van der Waals surface area contributed by atoms with Gasteiger partial charge in [-0.2, -0.15) is 0 Å². The third-order valence-electron chi connectivity index (χ3n) is 3.30. The quantitative estimate of drug-likeness (QED) is 0.546. The van der Waals surface area contributed by atoms with Gasteiger partial charge in [0.1, 0.15) is 0 Å². The number of nitrogens with zero attached hydrogens (tertiary/aromatic N) is 2. The maximum Gasteiger partial charge on any atom is 0.276 e. The van der Waals surface area contributed by atoms with E-state index in [-0.39, 0.29) is 0 Å². The van der Waals surface area contributed by atoms with E-state index < -0.39 is 0 Å². The van der Waals surface area contributed by atoms with Gasteiger partial charge in [0.05, 0.1) is 22.2 Å². The number of thioether (sulfide) groups is 1. The summed E-state index contributed by atoms with van der Waals surface area (Å²) in [6.07, 6.45) is 0.530. The Hall–Kier alpha value is -1.69. The SMILES string of the molecule is CCSc1nnc(Cc2ccccc2Nc2c(Cl)cccc2Cl)o1. The molecule has 3 rings (SSSR count).